The fourth-order valence-corrected chi connectivity index (χ4v) is 0.0645. The Balaban J connectivity index is 0. The maximum absolute atomic E-state index is 7.92. The van der Waals surface area contributed by atoms with Crippen LogP contribution in [-0.2, 0) is 0 Å². The third-order valence-corrected chi connectivity index (χ3v) is 0.256. The average Bonchev–Trinajstić information content (AvgIpc) is 1.41. The Bertz CT molecular complexity index is 46.0. The number of rotatable bonds is 1. The molecule has 0 fully saturated rings. The summed E-state index contributed by atoms with van der Waals surface area (Å²) in [6.07, 6.45) is 5.20. The SMILES string of the molecule is C#CCCO.[Li]. The van der Waals surface area contributed by atoms with Gasteiger partial charge in [0, 0.05) is 25.3 Å². The topological polar surface area (TPSA) is 20.2 Å². The van der Waals surface area contributed by atoms with Crippen molar-refractivity contribution in [2.45, 2.75) is 6.42 Å². The van der Waals surface area contributed by atoms with E-state index in [1.807, 2.05) is 0 Å². The summed E-state index contributed by atoms with van der Waals surface area (Å²) in [6.45, 7) is 0.108. The summed E-state index contributed by atoms with van der Waals surface area (Å²) in [5.74, 6) is 2.27. The van der Waals surface area contributed by atoms with Gasteiger partial charge in [0.25, 0.3) is 0 Å². The molecule has 0 saturated carbocycles. The van der Waals surface area contributed by atoms with E-state index in [1.54, 1.807) is 0 Å². The number of hydrogen-bond donors (Lipinski definition) is 1. The Morgan fingerprint density at radius 2 is 2.17 bits per heavy atom. The maximum atomic E-state index is 7.92. The Kier molecular flexibility index (Phi) is 14.1. The third-order valence-electron chi connectivity index (χ3n) is 0.256. The molecule has 0 aromatic heterocycles. The second kappa shape index (κ2) is 8.93. The minimum Gasteiger partial charge on any atom is -0.395 e. The van der Waals surface area contributed by atoms with Crippen LogP contribution in [0.25, 0.3) is 0 Å². The second-order valence-electron chi connectivity index (χ2n) is 0.678. The van der Waals surface area contributed by atoms with Crippen LogP contribution in [0.15, 0.2) is 0 Å². The van der Waals surface area contributed by atoms with Crippen LogP contribution in [-0.4, -0.2) is 30.6 Å². The van der Waals surface area contributed by atoms with Crippen molar-refractivity contribution in [1.29, 1.82) is 0 Å². The van der Waals surface area contributed by atoms with E-state index in [0.29, 0.717) is 6.42 Å². The van der Waals surface area contributed by atoms with Gasteiger partial charge in [0.2, 0.25) is 0 Å². The van der Waals surface area contributed by atoms with E-state index in [4.69, 9.17) is 11.5 Å². The van der Waals surface area contributed by atoms with Gasteiger partial charge in [0.1, 0.15) is 0 Å². The number of terminal acetylenes is 1. The maximum Gasteiger partial charge on any atom is 0.0540 e. The zero-order valence-electron chi connectivity index (χ0n) is 3.94. The molecule has 1 N–H and O–H groups in total. The van der Waals surface area contributed by atoms with E-state index in [2.05, 4.69) is 5.92 Å². The fourth-order valence-electron chi connectivity index (χ4n) is 0.0645. The first-order chi connectivity index (χ1) is 2.41. The molecule has 1 nitrogen and oxygen atoms in total. The van der Waals surface area contributed by atoms with Crippen molar-refractivity contribution >= 4 is 18.9 Å². The van der Waals surface area contributed by atoms with Gasteiger partial charge in [-0.05, 0) is 0 Å². The van der Waals surface area contributed by atoms with Crippen LogP contribution >= 0.6 is 0 Å². The van der Waals surface area contributed by atoms with Gasteiger partial charge in [-0.3, -0.25) is 0 Å². The molecule has 2 heteroatoms. The van der Waals surface area contributed by atoms with Gasteiger partial charge in [0.05, 0.1) is 6.61 Å². The quantitative estimate of drug-likeness (QED) is 0.334. The standard InChI is InChI=1S/C4H6O.Li/c1-2-3-4-5;/h1,5H,3-4H2;. The van der Waals surface area contributed by atoms with Crippen molar-refractivity contribution in [2.75, 3.05) is 6.61 Å². The van der Waals surface area contributed by atoms with Crippen molar-refractivity contribution in [3.05, 3.63) is 0 Å². The molecular formula is C4H6LiO. The molecule has 0 atom stereocenters. The van der Waals surface area contributed by atoms with Gasteiger partial charge in [-0.25, -0.2) is 0 Å². The van der Waals surface area contributed by atoms with Crippen molar-refractivity contribution in [2.24, 2.45) is 0 Å². The summed E-state index contributed by atoms with van der Waals surface area (Å²) in [5.41, 5.74) is 0. The summed E-state index contributed by atoms with van der Waals surface area (Å²) in [7, 11) is 0. The molecule has 0 spiro atoms. The van der Waals surface area contributed by atoms with Crippen molar-refractivity contribution in [3.8, 4) is 12.3 Å². The van der Waals surface area contributed by atoms with Crippen LogP contribution in [0.5, 0.6) is 0 Å². The van der Waals surface area contributed by atoms with Gasteiger partial charge in [-0.1, -0.05) is 0 Å². The minimum absolute atomic E-state index is 0. The summed E-state index contributed by atoms with van der Waals surface area (Å²) >= 11 is 0. The monoisotopic (exact) mass is 77.1 g/mol. The molecule has 1 radical (unpaired) electrons. The molecule has 0 aromatic carbocycles. The normalized spacial score (nSPS) is 5.33. The van der Waals surface area contributed by atoms with Crippen molar-refractivity contribution in [1.82, 2.24) is 0 Å². The van der Waals surface area contributed by atoms with E-state index in [0.717, 1.165) is 0 Å². The third kappa shape index (κ3) is 8.92. The molecule has 0 aliphatic heterocycles. The Morgan fingerprint density at radius 3 is 2.17 bits per heavy atom. The largest absolute Gasteiger partial charge is 0.395 e. The van der Waals surface area contributed by atoms with Crippen molar-refractivity contribution < 1.29 is 5.11 Å². The molecule has 0 rings (SSSR count). The van der Waals surface area contributed by atoms with Gasteiger partial charge in [-0.2, -0.15) is 0 Å². The molecule has 29 valence electrons. The number of hydrogen-bond acceptors (Lipinski definition) is 1. The first kappa shape index (κ1) is 9.45. The van der Waals surface area contributed by atoms with Crippen LogP contribution in [0.1, 0.15) is 6.42 Å². The molecule has 0 unspecified atom stereocenters. The minimum atomic E-state index is 0. The van der Waals surface area contributed by atoms with Crippen LogP contribution in [0.3, 0.4) is 0 Å². The zero-order chi connectivity index (χ0) is 4.12. The van der Waals surface area contributed by atoms with Crippen molar-refractivity contribution in [3.63, 3.8) is 0 Å². The summed E-state index contributed by atoms with van der Waals surface area (Å²) in [6, 6.07) is 0. The van der Waals surface area contributed by atoms with Gasteiger partial charge >= 0.3 is 0 Å². The van der Waals surface area contributed by atoms with E-state index >= 15 is 0 Å². The molecule has 0 saturated heterocycles. The first-order valence-corrected chi connectivity index (χ1v) is 1.46. The molecule has 0 heterocycles. The average molecular weight is 77.0 g/mol. The van der Waals surface area contributed by atoms with E-state index < -0.39 is 0 Å². The van der Waals surface area contributed by atoms with E-state index in [9.17, 15) is 0 Å². The summed E-state index contributed by atoms with van der Waals surface area (Å²) in [5, 5.41) is 7.92. The van der Waals surface area contributed by atoms with E-state index in [-0.39, 0.29) is 25.5 Å². The predicted molar refractivity (Wildman–Crippen MR) is 26.3 cm³/mol. The zero-order valence-corrected chi connectivity index (χ0v) is 3.94. The second-order valence-corrected chi connectivity index (χ2v) is 0.678. The van der Waals surface area contributed by atoms with Gasteiger partial charge < -0.3 is 5.11 Å². The Hall–Kier alpha value is 0.117. The smallest absolute Gasteiger partial charge is 0.0540 e. The van der Waals surface area contributed by atoms with Crippen LogP contribution in [0.4, 0.5) is 0 Å². The van der Waals surface area contributed by atoms with Gasteiger partial charge in [-0.15, -0.1) is 12.3 Å². The molecule has 0 aliphatic rings. The predicted octanol–water partition coefficient (Wildman–Crippen LogP) is -0.379. The molecule has 0 amide bonds. The van der Waals surface area contributed by atoms with Crippen LogP contribution in [0.2, 0.25) is 0 Å². The molecule has 0 bridgehead atoms. The number of aliphatic hydroxyl groups excluding tert-OH is 1. The fraction of sp³-hybridized carbons (Fsp3) is 0.500. The molecule has 0 aromatic rings. The van der Waals surface area contributed by atoms with Gasteiger partial charge in [0.15, 0.2) is 0 Å². The van der Waals surface area contributed by atoms with Crippen LogP contribution < -0.4 is 0 Å². The Labute approximate surface area is 49.9 Å². The summed E-state index contributed by atoms with van der Waals surface area (Å²) < 4.78 is 0. The molecule has 6 heavy (non-hydrogen) atoms. The van der Waals surface area contributed by atoms with E-state index in [1.165, 1.54) is 0 Å². The number of aliphatic hydroxyl groups is 1. The molecule has 0 aliphatic carbocycles. The van der Waals surface area contributed by atoms with Crippen LogP contribution in [0, 0.1) is 12.3 Å². The molecular weight excluding hydrogens is 71.0 g/mol. The Morgan fingerprint density at radius 1 is 1.67 bits per heavy atom. The first-order valence-electron chi connectivity index (χ1n) is 1.46. The summed E-state index contributed by atoms with van der Waals surface area (Å²) in [4.78, 5) is 0.